The first-order chi connectivity index (χ1) is 8.85. The van der Waals surface area contributed by atoms with Crippen LogP contribution in [0.4, 0.5) is 0 Å². The zero-order chi connectivity index (χ0) is 12.8. The van der Waals surface area contributed by atoms with Gasteiger partial charge in [-0.2, -0.15) is 0 Å². The molecular formula is C18H20. The number of aryl methyl sites for hydroxylation is 1. The molecule has 0 unspecified atom stereocenters. The SMILES string of the molecule is C=Cc1ccc(-c2ccccc2)c(CCCC)c1. The first-order valence-electron chi connectivity index (χ1n) is 6.66. The monoisotopic (exact) mass is 236 g/mol. The van der Waals surface area contributed by atoms with Crippen LogP contribution >= 0.6 is 0 Å². The molecule has 0 fully saturated rings. The molecule has 0 aliphatic heterocycles. The summed E-state index contributed by atoms with van der Waals surface area (Å²) in [5, 5.41) is 0. The van der Waals surface area contributed by atoms with Gasteiger partial charge in [0.1, 0.15) is 0 Å². The van der Waals surface area contributed by atoms with Gasteiger partial charge in [-0.15, -0.1) is 0 Å². The Labute approximate surface area is 110 Å². The van der Waals surface area contributed by atoms with E-state index in [2.05, 4.69) is 62.0 Å². The molecule has 0 radical (unpaired) electrons. The molecule has 0 heterocycles. The van der Waals surface area contributed by atoms with Gasteiger partial charge in [-0.05, 0) is 35.1 Å². The molecule has 2 aromatic rings. The normalized spacial score (nSPS) is 10.3. The van der Waals surface area contributed by atoms with Crippen molar-refractivity contribution in [3.8, 4) is 11.1 Å². The van der Waals surface area contributed by atoms with E-state index in [0.717, 1.165) is 6.42 Å². The van der Waals surface area contributed by atoms with Gasteiger partial charge in [0.2, 0.25) is 0 Å². The van der Waals surface area contributed by atoms with Crippen LogP contribution in [-0.4, -0.2) is 0 Å². The smallest absolute Gasteiger partial charge is 0.0151 e. The number of unbranched alkanes of at least 4 members (excludes halogenated alkanes) is 1. The molecule has 2 aromatic carbocycles. The van der Waals surface area contributed by atoms with Gasteiger partial charge in [-0.1, -0.05) is 74.5 Å². The second-order valence-electron chi connectivity index (χ2n) is 4.59. The molecule has 0 bridgehead atoms. The quantitative estimate of drug-likeness (QED) is 0.657. The first-order valence-corrected chi connectivity index (χ1v) is 6.66. The lowest BCUT2D eigenvalue weighted by Crippen LogP contribution is -1.91. The summed E-state index contributed by atoms with van der Waals surface area (Å²) in [5.41, 5.74) is 5.30. The zero-order valence-corrected chi connectivity index (χ0v) is 11.0. The van der Waals surface area contributed by atoms with Gasteiger partial charge >= 0.3 is 0 Å². The van der Waals surface area contributed by atoms with E-state index in [1.165, 1.54) is 35.1 Å². The molecule has 0 spiro atoms. The van der Waals surface area contributed by atoms with E-state index < -0.39 is 0 Å². The van der Waals surface area contributed by atoms with Crippen LogP contribution in [0.25, 0.3) is 17.2 Å². The third-order valence-corrected chi connectivity index (χ3v) is 3.25. The predicted molar refractivity (Wildman–Crippen MR) is 80.6 cm³/mol. The summed E-state index contributed by atoms with van der Waals surface area (Å²) < 4.78 is 0. The minimum Gasteiger partial charge on any atom is -0.0985 e. The van der Waals surface area contributed by atoms with Gasteiger partial charge in [-0.3, -0.25) is 0 Å². The molecule has 0 N–H and O–H groups in total. The largest absolute Gasteiger partial charge is 0.0985 e. The van der Waals surface area contributed by atoms with Crippen molar-refractivity contribution in [2.24, 2.45) is 0 Å². The van der Waals surface area contributed by atoms with Crippen molar-refractivity contribution in [2.45, 2.75) is 26.2 Å². The van der Waals surface area contributed by atoms with Crippen molar-refractivity contribution in [3.05, 3.63) is 66.2 Å². The van der Waals surface area contributed by atoms with Gasteiger partial charge in [0.25, 0.3) is 0 Å². The molecule has 0 aliphatic rings. The Morgan fingerprint density at radius 2 is 1.83 bits per heavy atom. The van der Waals surface area contributed by atoms with Gasteiger partial charge in [0.05, 0.1) is 0 Å². The lowest BCUT2D eigenvalue weighted by atomic mass is 9.94. The molecule has 2 rings (SSSR count). The maximum atomic E-state index is 3.85. The number of benzene rings is 2. The van der Waals surface area contributed by atoms with Crippen LogP contribution in [0, 0.1) is 0 Å². The number of rotatable bonds is 5. The molecule has 0 heteroatoms. The number of hydrogen-bond acceptors (Lipinski definition) is 0. The molecule has 18 heavy (non-hydrogen) atoms. The summed E-state index contributed by atoms with van der Waals surface area (Å²) in [5.74, 6) is 0. The summed E-state index contributed by atoms with van der Waals surface area (Å²) >= 11 is 0. The minimum atomic E-state index is 1.14. The average Bonchev–Trinajstić information content (AvgIpc) is 2.45. The van der Waals surface area contributed by atoms with Crippen molar-refractivity contribution in [1.29, 1.82) is 0 Å². The predicted octanol–water partition coefficient (Wildman–Crippen LogP) is 5.34. The topological polar surface area (TPSA) is 0 Å². The van der Waals surface area contributed by atoms with E-state index in [9.17, 15) is 0 Å². The fourth-order valence-electron chi connectivity index (χ4n) is 2.21. The van der Waals surface area contributed by atoms with E-state index in [1.54, 1.807) is 0 Å². The Morgan fingerprint density at radius 3 is 2.50 bits per heavy atom. The minimum absolute atomic E-state index is 1.14. The van der Waals surface area contributed by atoms with Gasteiger partial charge in [0.15, 0.2) is 0 Å². The van der Waals surface area contributed by atoms with E-state index >= 15 is 0 Å². The fourth-order valence-corrected chi connectivity index (χ4v) is 2.21. The maximum absolute atomic E-state index is 3.85. The molecule has 92 valence electrons. The summed E-state index contributed by atoms with van der Waals surface area (Å²) in [6.07, 6.45) is 5.53. The van der Waals surface area contributed by atoms with Crippen molar-refractivity contribution < 1.29 is 0 Å². The summed E-state index contributed by atoms with van der Waals surface area (Å²) in [4.78, 5) is 0. The number of hydrogen-bond donors (Lipinski definition) is 0. The Balaban J connectivity index is 2.42. The third kappa shape index (κ3) is 2.89. The van der Waals surface area contributed by atoms with Gasteiger partial charge in [0, 0.05) is 0 Å². The molecule has 0 nitrogen and oxygen atoms in total. The second kappa shape index (κ2) is 6.20. The fraction of sp³-hybridized carbons (Fsp3) is 0.222. The van der Waals surface area contributed by atoms with E-state index in [-0.39, 0.29) is 0 Å². The van der Waals surface area contributed by atoms with Crippen molar-refractivity contribution >= 4 is 6.08 Å². The van der Waals surface area contributed by atoms with Crippen LogP contribution in [0.3, 0.4) is 0 Å². The summed E-state index contributed by atoms with van der Waals surface area (Å²) in [6, 6.07) is 17.2. The van der Waals surface area contributed by atoms with Crippen LogP contribution < -0.4 is 0 Å². The Hall–Kier alpha value is -1.82. The van der Waals surface area contributed by atoms with Crippen LogP contribution in [0.5, 0.6) is 0 Å². The van der Waals surface area contributed by atoms with Crippen molar-refractivity contribution in [1.82, 2.24) is 0 Å². The summed E-state index contributed by atoms with van der Waals surface area (Å²) in [6.45, 7) is 6.09. The van der Waals surface area contributed by atoms with Gasteiger partial charge < -0.3 is 0 Å². The lowest BCUT2D eigenvalue weighted by molar-refractivity contribution is 0.796. The van der Waals surface area contributed by atoms with Crippen molar-refractivity contribution in [2.75, 3.05) is 0 Å². The molecule has 0 aromatic heterocycles. The highest BCUT2D eigenvalue weighted by Gasteiger charge is 2.05. The summed E-state index contributed by atoms with van der Waals surface area (Å²) in [7, 11) is 0. The standard InChI is InChI=1S/C18H20/c1-3-5-9-17-14-15(4-2)12-13-18(17)16-10-7-6-8-11-16/h4,6-8,10-14H,2-3,5,9H2,1H3. The zero-order valence-electron chi connectivity index (χ0n) is 11.0. The van der Waals surface area contributed by atoms with E-state index in [1.807, 2.05) is 6.08 Å². The first kappa shape index (κ1) is 12.6. The molecule has 0 atom stereocenters. The molecule has 0 aliphatic carbocycles. The molecule has 0 saturated carbocycles. The average molecular weight is 236 g/mol. The third-order valence-electron chi connectivity index (χ3n) is 3.25. The maximum Gasteiger partial charge on any atom is -0.0151 e. The second-order valence-corrected chi connectivity index (χ2v) is 4.59. The molecule has 0 amide bonds. The molecular weight excluding hydrogens is 216 g/mol. The van der Waals surface area contributed by atoms with Crippen molar-refractivity contribution in [3.63, 3.8) is 0 Å². The lowest BCUT2D eigenvalue weighted by Gasteiger charge is -2.11. The Kier molecular flexibility index (Phi) is 4.35. The van der Waals surface area contributed by atoms with E-state index in [4.69, 9.17) is 0 Å². The molecule has 0 saturated heterocycles. The van der Waals surface area contributed by atoms with Crippen LogP contribution in [-0.2, 0) is 6.42 Å². The van der Waals surface area contributed by atoms with Crippen LogP contribution in [0.1, 0.15) is 30.9 Å². The highest BCUT2D eigenvalue weighted by atomic mass is 14.1. The van der Waals surface area contributed by atoms with E-state index in [0.29, 0.717) is 0 Å². The van der Waals surface area contributed by atoms with Crippen LogP contribution in [0.2, 0.25) is 0 Å². The Bertz CT molecular complexity index is 509. The Morgan fingerprint density at radius 1 is 1.06 bits per heavy atom. The highest BCUT2D eigenvalue weighted by molar-refractivity contribution is 5.69. The highest BCUT2D eigenvalue weighted by Crippen LogP contribution is 2.26. The van der Waals surface area contributed by atoms with Gasteiger partial charge in [-0.25, -0.2) is 0 Å². The van der Waals surface area contributed by atoms with Crippen LogP contribution in [0.15, 0.2) is 55.1 Å².